The molecule has 4 amide bonds. The number of nitrogens with one attached hydrogen (secondary N) is 3. The lowest BCUT2D eigenvalue weighted by Crippen LogP contribution is -2.60. The van der Waals surface area contributed by atoms with Gasteiger partial charge in [-0.05, 0) is 62.7 Å². The van der Waals surface area contributed by atoms with E-state index >= 15 is 0 Å². The molecule has 0 radical (unpaired) electrons. The summed E-state index contributed by atoms with van der Waals surface area (Å²) in [5.74, 6) is -4.56. The van der Waals surface area contributed by atoms with Crippen molar-refractivity contribution < 1.29 is 37.1 Å². The first kappa shape index (κ1) is 27.7. The maximum atomic E-state index is 13.7. The molecule has 3 N–H and O–H groups in total. The molecule has 0 aromatic heterocycles. The van der Waals surface area contributed by atoms with Gasteiger partial charge < -0.3 is 25.6 Å². The second-order valence-electron chi connectivity index (χ2n) is 12.5. The lowest BCUT2D eigenvalue weighted by Gasteiger charge is -2.35. The Morgan fingerprint density at radius 3 is 2.44 bits per heavy atom. The molecular weight excluding hydrogens is 519 g/mol. The number of fused-ring (bicyclic) bond motifs is 1. The zero-order valence-corrected chi connectivity index (χ0v) is 22.1. The molecule has 0 unspecified atom stereocenters. The van der Waals surface area contributed by atoms with E-state index < -0.39 is 54.0 Å². The topological polar surface area (TPSA) is 141 Å². The first-order valence-electron chi connectivity index (χ1n) is 13.5. The van der Waals surface area contributed by atoms with Crippen molar-refractivity contribution in [2.75, 3.05) is 6.54 Å². The predicted octanol–water partition coefficient (Wildman–Crippen LogP) is 1.15. The van der Waals surface area contributed by atoms with Gasteiger partial charge in [0.1, 0.15) is 18.1 Å². The number of carbonyl (C=O) groups is 4. The number of halogens is 3. The van der Waals surface area contributed by atoms with Gasteiger partial charge in [0.05, 0.1) is 18.3 Å². The molecule has 5 fully saturated rings. The summed E-state index contributed by atoms with van der Waals surface area (Å²) in [5, 5.41) is 17.2. The maximum Gasteiger partial charge on any atom is 0.471 e. The van der Waals surface area contributed by atoms with Crippen molar-refractivity contribution >= 4 is 23.6 Å². The molecular formula is C26H34F3N5O5. The van der Waals surface area contributed by atoms with Crippen molar-refractivity contribution in [2.45, 2.75) is 101 Å². The predicted molar refractivity (Wildman–Crippen MR) is 128 cm³/mol. The third kappa shape index (κ3) is 5.32. The molecule has 214 valence electrons. The van der Waals surface area contributed by atoms with Crippen LogP contribution in [0, 0.1) is 34.5 Å². The second kappa shape index (κ2) is 9.35. The molecule has 3 aliphatic carbocycles. The van der Waals surface area contributed by atoms with E-state index in [0.717, 1.165) is 12.8 Å². The average Bonchev–Trinajstić information content (AvgIpc) is 3.79. The van der Waals surface area contributed by atoms with Crippen LogP contribution in [0.15, 0.2) is 0 Å². The summed E-state index contributed by atoms with van der Waals surface area (Å²) in [6.45, 7) is 5.46. The van der Waals surface area contributed by atoms with Crippen LogP contribution in [-0.2, 0) is 23.9 Å². The normalized spacial score (nSPS) is 31.9. The number of hydrogen-bond donors (Lipinski definition) is 3. The van der Waals surface area contributed by atoms with E-state index in [0.29, 0.717) is 19.3 Å². The summed E-state index contributed by atoms with van der Waals surface area (Å²) in [6, 6.07) is -1.60. The number of piperidine rings is 1. The lowest BCUT2D eigenvalue weighted by atomic mass is 9.95. The van der Waals surface area contributed by atoms with Gasteiger partial charge >= 0.3 is 12.1 Å². The van der Waals surface area contributed by atoms with Gasteiger partial charge in [-0.25, -0.2) is 0 Å². The van der Waals surface area contributed by atoms with Crippen LogP contribution >= 0.6 is 0 Å². The largest absolute Gasteiger partial charge is 0.471 e. The average molecular weight is 554 g/mol. The number of likely N-dealkylation sites (tertiary alicyclic amines) is 1. The van der Waals surface area contributed by atoms with E-state index in [-0.39, 0.29) is 47.8 Å². The molecule has 0 aromatic rings. The summed E-state index contributed by atoms with van der Waals surface area (Å²) in [7, 11) is 0. The zero-order chi connectivity index (χ0) is 28.5. The van der Waals surface area contributed by atoms with Gasteiger partial charge in [-0.2, -0.15) is 18.4 Å². The molecule has 2 saturated heterocycles. The summed E-state index contributed by atoms with van der Waals surface area (Å²) in [5.41, 5.74) is -0.466. The molecule has 5 aliphatic rings. The van der Waals surface area contributed by atoms with Crippen LogP contribution in [0.5, 0.6) is 0 Å². The van der Waals surface area contributed by atoms with Gasteiger partial charge in [0, 0.05) is 18.0 Å². The van der Waals surface area contributed by atoms with Crippen LogP contribution in [0.2, 0.25) is 0 Å². The van der Waals surface area contributed by atoms with Crippen molar-refractivity contribution in [1.82, 2.24) is 20.9 Å². The number of nitrogens with zero attached hydrogens (tertiary/aromatic N) is 2. The van der Waals surface area contributed by atoms with Crippen LogP contribution in [0.3, 0.4) is 0 Å². The molecule has 2 heterocycles. The monoisotopic (exact) mass is 553 g/mol. The first-order chi connectivity index (χ1) is 18.2. The Morgan fingerprint density at radius 1 is 1.23 bits per heavy atom. The Labute approximate surface area is 224 Å². The lowest BCUT2D eigenvalue weighted by molar-refractivity contribution is -0.176. The summed E-state index contributed by atoms with van der Waals surface area (Å²) in [6.07, 6.45) is -2.50. The molecule has 7 atom stereocenters. The van der Waals surface area contributed by atoms with Crippen LogP contribution in [0.1, 0.15) is 59.3 Å². The summed E-state index contributed by atoms with van der Waals surface area (Å²) in [4.78, 5) is 52.6. The van der Waals surface area contributed by atoms with Gasteiger partial charge in [-0.1, -0.05) is 13.8 Å². The third-order valence-corrected chi connectivity index (χ3v) is 9.21. The van der Waals surface area contributed by atoms with E-state index in [4.69, 9.17) is 4.74 Å². The quantitative estimate of drug-likeness (QED) is 0.391. The van der Waals surface area contributed by atoms with Crippen molar-refractivity contribution in [1.29, 1.82) is 5.26 Å². The fraction of sp³-hybridized carbons (Fsp3) is 0.808. The second-order valence-corrected chi connectivity index (χ2v) is 12.5. The number of nitriles is 1. The minimum atomic E-state index is -5.20. The number of hydrogen-bond acceptors (Lipinski definition) is 6. The van der Waals surface area contributed by atoms with E-state index in [2.05, 4.69) is 10.6 Å². The smallest absolute Gasteiger partial charge is 0.373 e. The SMILES string of the molecule is C[C@@H](OC1CC1)[C@H](NC(=O)C(F)(F)F)C(=O)N1C[C@H]2[C@@H]([C@H]1C(=O)N[C@H](C#N)C[C@@H]1CC3(CC3)NC1=O)C2(C)C. The fourth-order valence-electron chi connectivity index (χ4n) is 6.52. The van der Waals surface area contributed by atoms with E-state index in [9.17, 15) is 37.6 Å². The van der Waals surface area contributed by atoms with Gasteiger partial charge in [-0.3, -0.25) is 19.2 Å². The highest BCUT2D eigenvalue weighted by atomic mass is 19.4. The van der Waals surface area contributed by atoms with E-state index in [1.54, 1.807) is 5.32 Å². The number of alkyl halides is 3. The third-order valence-electron chi connectivity index (χ3n) is 9.21. The minimum absolute atomic E-state index is 0.0632. The van der Waals surface area contributed by atoms with Crippen molar-refractivity contribution in [2.24, 2.45) is 23.2 Å². The molecule has 13 heteroatoms. The van der Waals surface area contributed by atoms with E-state index in [1.807, 2.05) is 19.9 Å². The Bertz CT molecular complexity index is 1110. The van der Waals surface area contributed by atoms with Gasteiger partial charge in [0.25, 0.3) is 0 Å². The van der Waals surface area contributed by atoms with Gasteiger partial charge in [0.15, 0.2) is 0 Å². The van der Waals surface area contributed by atoms with Crippen LogP contribution in [-0.4, -0.2) is 77.1 Å². The Morgan fingerprint density at radius 2 is 1.90 bits per heavy atom. The fourth-order valence-corrected chi connectivity index (χ4v) is 6.52. The summed E-state index contributed by atoms with van der Waals surface area (Å²) >= 11 is 0. The molecule has 1 spiro atoms. The number of ether oxygens (including phenoxy) is 1. The Kier molecular flexibility index (Phi) is 6.64. The van der Waals surface area contributed by atoms with E-state index in [1.165, 1.54) is 11.8 Å². The molecule has 39 heavy (non-hydrogen) atoms. The highest BCUT2D eigenvalue weighted by Gasteiger charge is 2.70. The zero-order valence-electron chi connectivity index (χ0n) is 22.1. The maximum absolute atomic E-state index is 13.7. The van der Waals surface area contributed by atoms with Crippen LogP contribution < -0.4 is 16.0 Å². The highest BCUT2D eigenvalue weighted by molar-refractivity contribution is 5.95. The van der Waals surface area contributed by atoms with Crippen LogP contribution in [0.4, 0.5) is 13.2 Å². The van der Waals surface area contributed by atoms with Crippen molar-refractivity contribution in [3.63, 3.8) is 0 Å². The van der Waals surface area contributed by atoms with Crippen molar-refractivity contribution in [3.05, 3.63) is 0 Å². The molecule has 0 aromatic carbocycles. The molecule has 10 nitrogen and oxygen atoms in total. The van der Waals surface area contributed by atoms with Crippen molar-refractivity contribution in [3.8, 4) is 6.07 Å². The molecule has 5 rings (SSSR count). The highest BCUT2D eigenvalue weighted by Crippen LogP contribution is 2.65. The minimum Gasteiger partial charge on any atom is -0.373 e. The van der Waals surface area contributed by atoms with Gasteiger partial charge in [0.2, 0.25) is 17.7 Å². The number of rotatable bonds is 9. The molecule has 0 bridgehead atoms. The summed E-state index contributed by atoms with van der Waals surface area (Å²) < 4.78 is 44.9. The Hall–Kier alpha value is -2.88. The molecule has 3 saturated carbocycles. The van der Waals surface area contributed by atoms with Gasteiger partial charge in [-0.15, -0.1) is 0 Å². The number of carbonyl (C=O) groups excluding carboxylic acids is 4. The Balaban J connectivity index is 1.31. The van der Waals surface area contributed by atoms with Crippen LogP contribution in [0.25, 0.3) is 0 Å². The first-order valence-corrected chi connectivity index (χ1v) is 13.5. The molecule has 2 aliphatic heterocycles. The standard InChI is InChI=1S/C26H34F3N5O5/c1-12(39-15-4-5-15)18(32-23(38)26(27,28)29)22(37)34-11-16-17(24(16,2)3)19(34)21(36)31-14(10-30)8-13-9-25(6-7-25)33-20(13)35/h12-19H,4-9,11H2,1-3H3,(H,31,36)(H,32,38)(H,33,35)/t12-,13-,14+,16+,17+,18+,19+/m1/s1. The number of amides is 4.